The van der Waals surface area contributed by atoms with Gasteiger partial charge in [0.2, 0.25) is 0 Å². The summed E-state index contributed by atoms with van der Waals surface area (Å²) in [6.07, 6.45) is 2.27. The maximum atomic E-state index is 2.34. The topological polar surface area (TPSA) is 0 Å². The molecule has 0 saturated carbocycles. The van der Waals surface area contributed by atoms with Gasteiger partial charge in [-0.05, 0) is 67.4 Å². The molecule has 0 amide bonds. The smallest absolute Gasteiger partial charge is 0.00177 e. The summed E-state index contributed by atoms with van der Waals surface area (Å²) in [5, 5.41) is 8.15. The van der Waals surface area contributed by atoms with E-state index >= 15 is 0 Å². The number of aryl methyl sites for hydroxylation is 2. The van der Waals surface area contributed by atoms with Crippen LogP contribution in [0.3, 0.4) is 0 Å². The summed E-state index contributed by atoms with van der Waals surface area (Å²) in [5.41, 5.74) is 5.83. The van der Waals surface area contributed by atoms with Crippen molar-refractivity contribution in [1.82, 2.24) is 0 Å². The molecule has 0 heteroatoms. The normalized spacial score (nSPS) is 13.1. The van der Waals surface area contributed by atoms with E-state index in [-0.39, 0.29) is 0 Å². The second-order valence-corrected chi connectivity index (χ2v) is 7.31. The molecule has 6 rings (SSSR count). The highest BCUT2D eigenvalue weighted by Crippen LogP contribution is 2.43. The summed E-state index contributed by atoms with van der Waals surface area (Å²) in [6, 6.07) is 31.4. The Morgan fingerprint density at radius 2 is 1.12 bits per heavy atom. The third kappa shape index (κ3) is 1.84. The van der Waals surface area contributed by atoms with E-state index in [4.69, 9.17) is 0 Å². The van der Waals surface area contributed by atoms with Crippen LogP contribution in [0.25, 0.3) is 43.4 Å². The molecule has 0 spiro atoms. The van der Waals surface area contributed by atoms with E-state index < -0.39 is 0 Å². The molecule has 0 N–H and O–H groups in total. The molecule has 0 atom stereocenters. The van der Waals surface area contributed by atoms with E-state index in [0.29, 0.717) is 0 Å². The van der Waals surface area contributed by atoms with Crippen molar-refractivity contribution in [2.75, 3.05) is 0 Å². The van der Waals surface area contributed by atoms with E-state index in [1.54, 1.807) is 0 Å². The second kappa shape index (κ2) is 5.19. The van der Waals surface area contributed by atoms with Crippen LogP contribution in [0, 0.1) is 0 Å². The average Bonchev–Trinajstić information content (AvgIpc) is 2.72. The van der Waals surface area contributed by atoms with Gasteiger partial charge in [-0.15, -0.1) is 0 Å². The number of hydrogen-bond acceptors (Lipinski definition) is 0. The van der Waals surface area contributed by atoms with E-state index in [0.717, 1.165) is 12.8 Å². The minimum Gasteiger partial charge on any atom is -0.0620 e. The fourth-order valence-corrected chi connectivity index (χ4v) is 4.72. The predicted octanol–water partition coefficient (Wildman–Crippen LogP) is 6.91. The summed E-state index contributed by atoms with van der Waals surface area (Å²) in [7, 11) is 0. The van der Waals surface area contributed by atoms with Gasteiger partial charge < -0.3 is 0 Å². The van der Waals surface area contributed by atoms with Crippen molar-refractivity contribution in [2.45, 2.75) is 12.8 Å². The predicted molar refractivity (Wildman–Crippen MR) is 112 cm³/mol. The van der Waals surface area contributed by atoms with Crippen LogP contribution in [0.2, 0.25) is 0 Å². The molecule has 0 unspecified atom stereocenters. The molecule has 0 heterocycles. The lowest BCUT2D eigenvalue weighted by Gasteiger charge is -2.23. The van der Waals surface area contributed by atoms with Gasteiger partial charge in [0.15, 0.2) is 0 Å². The number of fused-ring (bicyclic) bond motifs is 9. The maximum absolute atomic E-state index is 2.34. The SMILES string of the molecule is c1ccc2c(c1)CCc1ccc3ccc4ccc5ccccc5c4c3c1-2. The van der Waals surface area contributed by atoms with Gasteiger partial charge in [0.25, 0.3) is 0 Å². The van der Waals surface area contributed by atoms with Gasteiger partial charge in [0.1, 0.15) is 0 Å². The maximum Gasteiger partial charge on any atom is -0.00177 e. The molecule has 0 radical (unpaired) electrons. The zero-order valence-corrected chi connectivity index (χ0v) is 14.5. The Labute approximate surface area is 152 Å². The molecular formula is C26H18. The average molecular weight is 330 g/mol. The molecule has 1 aliphatic rings. The Balaban J connectivity index is 1.91. The second-order valence-electron chi connectivity index (χ2n) is 7.31. The van der Waals surface area contributed by atoms with E-state index in [9.17, 15) is 0 Å². The molecule has 26 heavy (non-hydrogen) atoms. The zero-order valence-electron chi connectivity index (χ0n) is 14.5. The first-order valence-electron chi connectivity index (χ1n) is 9.34. The Morgan fingerprint density at radius 1 is 0.462 bits per heavy atom. The number of hydrogen-bond donors (Lipinski definition) is 0. The van der Waals surface area contributed by atoms with Gasteiger partial charge in [-0.3, -0.25) is 0 Å². The van der Waals surface area contributed by atoms with Crippen LogP contribution in [0.15, 0.2) is 84.9 Å². The first-order chi connectivity index (χ1) is 12.9. The minimum absolute atomic E-state index is 1.13. The molecule has 0 nitrogen and oxygen atoms in total. The van der Waals surface area contributed by atoms with E-state index in [1.165, 1.54) is 54.6 Å². The van der Waals surface area contributed by atoms with Crippen molar-refractivity contribution in [1.29, 1.82) is 0 Å². The van der Waals surface area contributed by atoms with Crippen molar-refractivity contribution in [3.8, 4) is 11.1 Å². The standard InChI is InChI=1S/C26H18/c1-3-7-22-17(5-1)9-11-19-13-15-21-16-14-20-12-10-18-6-2-4-8-23(18)25(20)26(21)24(19)22/h1-9,11,13-16H,10,12H2. The molecule has 0 fully saturated rings. The first kappa shape index (κ1) is 14.1. The Morgan fingerprint density at radius 3 is 2.04 bits per heavy atom. The van der Waals surface area contributed by atoms with Gasteiger partial charge in [-0.2, -0.15) is 0 Å². The van der Waals surface area contributed by atoms with Crippen LogP contribution < -0.4 is 0 Å². The van der Waals surface area contributed by atoms with Gasteiger partial charge >= 0.3 is 0 Å². The first-order valence-corrected chi connectivity index (χ1v) is 9.34. The molecule has 0 saturated heterocycles. The van der Waals surface area contributed by atoms with Crippen LogP contribution in [0.5, 0.6) is 0 Å². The van der Waals surface area contributed by atoms with Crippen LogP contribution in [0.4, 0.5) is 0 Å². The lowest BCUT2D eigenvalue weighted by atomic mass is 9.81. The lowest BCUT2D eigenvalue weighted by molar-refractivity contribution is 0.945. The fourth-order valence-electron chi connectivity index (χ4n) is 4.72. The summed E-state index contributed by atoms with van der Waals surface area (Å²) in [4.78, 5) is 0. The van der Waals surface area contributed by atoms with Crippen molar-refractivity contribution < 1.29 is 0 Å². The van der Waals surface area contributed by atoms with Crippen molar-refractivity contribution in [3.63, 3.8) is 0 Å². The fraction of sp³-hybridized carbons (Fsp3) is 0.0769. The van der Waals surface area contributed by atoms with Crippen LogP contribution in [-0.2, 0) is 12.8 Å². The number of benzene rings is 5. The highest BCUT2D eigenvalue weighted by molar-refractivity contribution is 6.24. The van der Waals surface area contributed by atoms with Crippen molar-refractivity contribution >= 4 is 32.3 Å². The quantitative estimate of drug-likeness (QED) is 0.271. The largest absolute Gasteiger partial charge is 0.0620 e. The molecule has 0 aromatic heterocycles. The van der Waals surface area contributed by atoms with Crippen LogP contribution in [0.1, 0.15) is 11.1 Å². The van der Waals surface area contributed by atoms with Gasteiger partial charge in [0, 0.05) is 0 Å². The van der Waals surface area contributed by atoms with Crippen LogP contribution >= 0.6 is 0 Å². The highest BCUT2D eigenvalue weighted by Gasteiger charge is 2.20. The highest BCUT2D eigenvalue weighted by atomic mass is 14.2. The summed E-state index contributed by atoms with van der Waals surface area (Å²) >= 11 is 0. The molecule has 0 aliphatic heterocycles. The van der Waals surface area contributed by atoms with E-state index in [2.05, 4.69) is 84.9 Å². The monoisotopic (exact) mass is 330 g/mol. The molecule has 5 aromatic carbocycles. The summed E-state index contributed by atoms with van der Waals surface area (Å²) in [5.74, 6) is 0. The molecule has 1 aliphatic carbocycles. The lowest BCUT2D eigenvalue weighted by Crippen LogP contribution is -2.04. The third-order valence-electron chi connectivity index (χ3n) is 5.93. The Bertz CT molecular complexity index is 1320. The minimum atomic E-state index is 1.13. The summed E-state index contributed by atoms with van der Waals surface area (Å²) < 4.78 is 0. The molecule has 5 aromatic rings. The molecular weight excluding hydrogens is 312 g/mol. The van der Waals surface area contributed by atoms with Gasteiger partial charge in [-0.25, -0.2) is 0 Å². The van der Waals surface area contributed by atoms with Crippen molar-refractivity contribution in [2.24, 2.45) is 0 Å². The van der Waals surface area contributed by atoms with Gasteiger partial charge in [-0.1, -0.05) is 84.9 Å². The van der Waals surface area contributed by atoms with Crippen LogP contribution in [-0.4, -0.2) is 0 Å². The van der Waals surface area contributed by atoms with E-state index in [1.807, 2.05) is 0 Å². The van der Waals surface area contributed by atoms with Crippen molar-refractivity contribution in [3.05, 3.63) is 96.1 Å². The van der Waals surface area contributed by atoms with Gasteiger partial charge in [0.05, 0.1) is 0 Å². The zero-order chi connectivity index (χ0) is 17.1. The Kier molecular flexibility index (Phi) is 2.81. The summed E-state index contributed by atoms with van der Waals surface area (Å²) in [6.45, 7) is 0. The third-order valence-corrected chi connectivity index (χ3v) is 5.93. The molecule has 122 valence electrons. The Hall–Kier alpha value is -3.12. The number of rotatable bonds is 0. The molecule has 0 bridgehead atoms.